The summed E-state index contributed by atoms with van der Waals surface area (Å²) in [5.41, 5.74) is 3.31. The Morgan fingerprint density at radius 3 is 2.58 bits per heavy atom. The number of carbonyl (C=O) groups is 4. The van der Waals surface area contributed by atoms with Gasteiger partial charge in [0, 0.05) is 12.0 Å². The molecule has 5 rings (SSSR count). The van der Waals surface area contributed by atoms with Gasteiger partial charge in [-0.05, 0) is 54.2 Å². The lowest BCUT2D eigenvalue weighted by Gasteiger charge is -2.29. The molecule has 0 fully saturated rings. The molecule has 2 aliphatic rings. The maximum Gasteiger partial charge on any atom is 0.251 e. The highest BCUT2D eigenvalue weighted by molar-refractivity contribution is 6.08. The molecule has 40 heavy (non-hydrogen) atoms. The highest BCUT2D eigenvalue weighted by Gasteiger charge is 2.44. The van der Waals surface area contributed by atoms with Crippen molar-refractivity contribution in [2.75, 3.05) is 4.90 Å². The van der Waals surface area contributed by atoms with Crippen molar-refractivity contribution in [2.24, 2.45) is 5.92 Å². The number of anilines is 1. The first-order chi connectivity index (χ1) is 19.2. The predicted molar refractivity (Wildman–Crippen MR) is 142 cm³/mol. The molecular formula is C28H30FN7O4. The summed E-state index contributed by atoms with van der Waals surface area (Å²) in [5.74, 6) is -2.53. The van der Waals surface area contributed by atoms with E-state index in [1.54, 1.807) is 13.8 Å². The molecule has 208 valence electrons. The van der Waals surface area contributed by atoms with E-state index < -0.39 is 35.8 Å². The quantitative estimate of drug-likeness (QED) is 0.335. The van der Waals surface area contributed by atoms with E-state index in [2.05, 4.69) is 31.4 Å². The van der Waals surface area contributed by atoms with Crippen LogP contribution in [0.2, 0.25) is 0 Å². The summed E-state index contributed by atoms with van der Waals surface area (Å²) in [4.78, 5) is 54.8. The molecule has 0 radical (unpaired) electrons. The Balaban J connectivity index is 1.33. The number of amides is 4. The van der Waals surface area contributed by atoms with Crippen LogP contribution in [0.25, 0.3) is 0 Å². The van der Waals surface area contributed by atoms with Crippen LogP contribution in [0.3, 0.4) is 0 Å². The van der Waals surface area contributed by atoms with Crippen LogP contribution in [-0.4, -0.2) is 57.2 Å². The first-order valence-electron chi connectivity index (χ1n) is 13.2. The summed E-state index contributed by atoms with van der Waals surface area (Å²) >= 11 is 0. The molecule has 0 aliphatic carbocycles. The van der Waals surface area contributed by atoms with Gasteiger partial charge in [-0.15, -0.1) is 0 Å². The molecule has 0 saturated carbocycles. The zero-order valence-corrected chi connectivity index (χ0v) is 22.1. The van der Waals surface area contributed by atoms with Crippen molar-refractivity contribution >= 4 is 29.3 Å². The molecule has 12 heteroatoms. The topological polar surface area (TPSA) is 149 Å². The third-order valence-electron chi connectivity index (χ3n) is 7.28. The second-order valence-electron chi connectivity index (χ2n) is 10.3. The molecule has 1 aromatic heterocycles. The third-order valence-corrected chi connectivity index (χ3v) is 7.28. The Morgan fingerprint density at radius 2 is 1.88 bits per heavy atom. The number of para-hydroxylation sites is 1. The van der Waals surface area contributed by atoms with Gasteiger partial charge in [-0.2, -0.15) is 15.4 Å². The van der Waals surface area contributed by atoms with E-state index in [9.17, 15) is 23.6 Å². The van der Waals surface area contributed by atoms with Gasteiger partial charge in [0.05, 0.1) is 18.4 Å². The van der Waals surface area contributed by atoms with Gasteiger partial charge in [0.15, 0.2) is 0 Å². The lowest BCUT2D eigenvalue weighted by atomic mass is 9.99. The van der Waals surface area contributed by atoms with E-state index in [-0.39, 0.29) is 29.8 Å². The number of hydrogen-bond donors (Lipinski definition) is 4. The molecule has 4 amide bonds. The van der Waals surface area contributed by atoms with E-state index in [1.807, 2.05) is 18.2 Å². The van der Waals surface area contributed by atoms with Crippen LogP contribution < -0.4 is 20.9 Å². The molecule has 0 unspecified atom stereocenters. The van der Waals surface area contributed by atoms with Crippen LogP contribution in [0, 0.1) is 11.7 Å². The van der Waals surface area contributed by atoms with Gasteiger partial charge in [-0.25, -0.2) is 4.39 Å². The maximum atomic E-state index is 13.9. The number of rotatable bonds is 8. The Labute approximate surface area is 229 Å². The summed E-state index contributed by atoms with van der Waals surface area (Å²) in [6.45, 7) is 3.71. The second-order valence-corrected chi connectivity index (χ2v) is 10.3. The predicted octanol–water partition coefficient (Wildman–Crippen LogP) is 1.40. The molecule has 3 atom stereocenters. The van der Waals surface area contributed by atoms with Crippen molar-refractivity contribution in [1.82, 2.24) is 31.4 Å². The Morgan fingerprint density at radius 1 is 1.12 bits per heavy atom. The Hall–Kier alpha value is -4.61. The van der Waals surface area contributed by atoms with Crippen molar-refractivity contribution < 1.29 is 23.6 Å². The van der Waals surface area contributed by atoms with Gasteiger partial charge in [0.1, 0.15) is 29.6 Å². The molecule has 2 aliphatic heterocycles. The zero-order chi connectivity index (χ0) is 28.4. The standard InChI is InChI=1S/C28H30FN7O4/c1-15(2)23(33-25(37)17-6-9-19(29)10-7-17)27(39)32-21-11-8-16-4-3-5-18-12-22(36(24(16)18)28(21)40)26(38)30-13-20-14-31-35-34-20/h3-7,9-10,14-15,21-23H,8,11-13H2,1-2H3,(H,30,38)(H,32,39)(H,33,37)(H,31,34,35)/t21-,22-,23-/m0/s1. The van der Waals surface area contributed by atoms with Crippen molar-refractivity contribution in [1.29, 1.82) is 0 Å². The molecule has 4 N–H and O–H groups in total. The summed E-state index contributed by atoms with van der Waals surface area (Å²) in [6, 6.07) is 8.13. The van der Waals surface area contributed by atoms with Crippen LogP contribution in [0.1, 0.15) is 47.4 Å². The van der Waals surface area contributed by atoms with E-state index in [4.69, 9.17) is 0 Å². The van der Waals surface area contributed by atoms with Gasteiger partial charge >= 0.3 is 0 Å². The number of benzene rings is 2. The Bertz CT molecular complexity index is 1420. The minimum absolute atomic E-state index is 0.154. The van der Waals surface area contributed by atoms with Crippen LogP contribution in [0.4, 0.5) is 10.1 Å². The van der Waals surface area contributed by atoms with Crippen molar-refractivity contribution in [2.45, 2.75) is 57.8 Å². The smallest absolute Gasteiger partial charge is 0.251 e. The maximum absolute atomic E-state index is 13.9. The fraction of sp³-hybridized carbons (Fsp3) is 0.357. The minimum Gasteiger partial charge on any atom is -0.348 e. The number of hydrogen-bond acceptors (Lipinski definition) is 6. The van der Waals surface area contributed by atoms with Crippen molar-refractivity contribution in [3.8, 4) is 0 Å². The number of aromatic amines is 1. The summed E-state index contributed by atoms with van der Waals surface area (Å²) < 4.78 is 13.3. The number of carbonyl (C=O) groups excluding carboxylic acids is 4. The van der Waals surface area contributed by atoms with E-state index in [0.29, 0.717) is 25.0 Å². The fourth-order valence-electron chi connectivity index (χ4n) is 5.20. The number of H-pyrrole nitrogens is 1. The lowest BCUT2D eigenvalue weighted by molar-refractivity contribution is -0.130. The third kappa shape index (κ3) is 5.42. The number of aryl methyl sites for hydroxylation is 1. The van der Waals surface area contributed by atoms with Gasteiger partial charge in [-0.1, -0.05) is 32.0 Å². The van der Waals surface area contributed by atoms with Crippen LogP contribution in [-0.2, 0) is 33.8 Å². The molecule has 0 saturated heterocycles. The van der Waals surface area contributed by atoms with E-state index in [1.165, 1.54) is 35.4 Å². The number of nitrogens with zero attached hydrogens (tertiary/aromatic N) is 3. The fourth-order valence-corrected chi connectivity index (χ4v) is 5.20. The minimum atomic E-state index is -0.938. The van der Waals surface area contributed by atoms with Crippen LogP contribution >= 0.6 is 0 Å². The number of nitrogens with one attached hydrogen (secondary N) is 4. The van der Waals surface area contributed by atoms with E-state index in [0.717, 1.165) is 16.8 Å². The molecular weight excluding hydrogens is 517 g/mol. The SMILES string of the molecule is CC(C)[C@H](NC(=O)c1ccc(F)cc1)C(=O)N[C@H]1CCc2cccc3c2N(C1=O)[C@H](C(=O)NCc1cn[nH]n1)C3. The van der Waals surface area contributed by atoms with Gasteiger partial charge in [0.25, 0.3) is 5.91 Å². The molecule has 3 aromatic rings. The number of halogens is 1. The van der Waals surface area contributed by atoms with Crippen molar-refractivity contribution in [3.63, 3.8) is 0 Å². The molecule has 11 nitrogen and oxygen atoms in total. The lowest BCUT2D eigenvalue weighted by Crippen LogP contribution is -2.58. The highest BCUT2D eigenvalue weighted by Crippen LogP contribution is 2.39. The van der Waals surface area contributed by atoms with Gasteiger partial charge in [0.2, 0.25) is 17.7 Å². The first-order valence-corrected chi connectivity index (χ1v) is 13.2. The van der Waals surface area contributed by atoms with Crippen molar-refractivity contribution in [3.05, 3.63) is 76.9 Å². The monoisotopic (exact) mass is 547 g/mol. The average molecular weight is 548 g/mol. The number of aromatic nitrogens is 3. The van der Waals surface area contributed by atoms with Crippen LogP contribution in [0.15, 0.2) is 48.7 Å². The Kier molecular flexibility index (Phi) is 7.58. The average Bonchev–Trinajstić information content (AvgIpc) is 3.57. The molecule has 0 bridgehead atoms. The molecule has 0 spiro atoms. The highest BCUT2D eigenvalue weighted by atomic mass is 19.1. The molecule has 2 aromatic carbocycles. The summed E-state index contributed by atoms with van der Waals surface area (Å²) in [6.07, 6.45) is 2.71. The van der Waals surface area contributed by atoms with Gasteiger partial charge < -0.3 is 16.0 Å². The van der Waals surface area contributed by atoms with E-state index >= 15 is 0 Å². The van der Waals surface area contributed by atoms with Crippen LogP contribution in [0.5, 0.6) is 0 Å². The zero-order valence-electron chi connectivity index (χ0n) is 22.1. The normalized spacial score (nSPS) is 18.6. The summed E-state index contributed by atoms with van der Waals surface area (Å²) in [5, 5.41) is 18.5. The largest absolute Gasteiger partial charge is 0.348 e. The molecule has 3 heterocycles. The second kappa shape index (κ2) is 11.2. The summed E-state index contributed by atoms with van der Waals surface area (Å²) in [7, 11) is 0. The first kappa shape index (κ1) is 27.0. The van der Waals surface area contributed by atoms with Gasteiger partial charge in [-0.3, -0.25) is 24.1 Å².